The Balaban J connectivity index is -0.000000340. The molecule has 0 rings (SSSR count). The van der Waals surface area contributed by atoms with Crippen LogP contribution < -0.4 is 17.2 Å². The average Bonchev–Trinajstić information content (AvgIpc) is 3.17. The summed E-state index contributed by atoms with van der Waals surface area (Å²) in [5, 5.41) is 0. The maximum Gasteiger partial charge on any atom is 0.319 e. The number of hydrogen-bond donors (Lipinski definition) is 6. The maximum atomic E-state index is 7.56. The minimum atomic E-state index is -3.81. The first-order valence-corrected chi connectivity index (χ1v) is 27.8. The van der Waals surface area contributed by atoms with Crippen LogP contribution in [0.5, 0.6) is 0 Å². The highest BCUT2D eigenvalue weighted by atomic mass is 32.5. The van der Waals surface area contributed by atoms with Gasteiger partial charge in [0.1, 0.15) is 0 Å². The topological polar surface area (TPSA) is 139 Å². The first kappa shape index (κ1) is 63.1. The molecule has 56 heavy (non-hydrogen) atoms. The third kappa shape index (κ3) is 86.3. The van der Waals surface area contributed by atoms with E-state index in [9.17, 15) is 0 Å². The lowest BCUT2D eigenvalue weighted by atomic mass is 10.0. The van der Waals surface area contributed by atoms with E-state index in [-0.39, 0.29) is 0 Å². The SMILES string of the molecule is CCCCCCCCCCCCCCCCN.CCCCCCCCCCCCCCCCN.CCCCCCCCCCCCCCCCN.OP(O)(O)=S. The lowest BCUT2D eigenvalue weighted by molar-refractivity contribution is 0.363. The molecule has 0 aliphatic carbocycles. The van der Waals surface area contributed by atoms with Crippen LogP contribution in [0.3, 0.4) is 0 Å². The second-order valence-corrected chi connectivity index (χ2v) is 19.2. The normalized spacial score (nSPS) is 11.0. The third-order valence-electron chi connectivity index (χ3n) is 10.7. The minimum Gasteiger partial charge on any atom is -0.330 e. The summed E-state index contributed by atoms with van der Waals surface area (Å²) in [5.74, 6) is 0. The largest absolute Gasteiger partial charge is 0.330 e. The lowest BCUT2D eigenvalue weighted by Crippen LogP contribution is -1.97. The average molecular weight is 838 g/mol. The Kier molecular flexibility index (Phi) is 69.9. The predicted molar refractivity (Wildman–Crippen MR) is 259 cm³/mol. The Morgan fingerprint density at radius 3 is 0.429 bits per heavy atom. The van der Waals surface area contributed by atoms with Crippen molar-refractivity contribution in [2.24, 2.45) is 17.2 Å². The molecule has 0 atom stereocenters. The molecule has 344 valence electrons. The van der Waals surface area contributed by atoms with Gasteiger partial charge in [-0.15, -0.1) is 0 Å². The van der Waals surface area contributed by atoms with Crippen molar-refractivity contribution in [2.45, 2.75) is 290 Å². The van der Waals surface area contributed by atoms with Gasteiger partial charge < -0.3 is 31.9 Å². The van der Waals surface area contributed by atoms with E-state index in [2.05, 4.69) is 32.6 Å². The van der Waals surface area contributed by atoms with Crippen molar-refractivity contribution < 1.29 is 14.7 Å². The maximum absolute atomic E-state index is 7.56. The van der Waals surface area contributed by atoms with Gasteiger partial charge in [0.05, 0.1) is 0 Å². The molecule has 0 aromatic heterocycles. The molecule has 6 nitrogen and oxygen atoms in total. The Morgan fingerprint density at radius 1 is 0.250 bits per heavy atom. The molecular weight excluding hydrogens is 730 g/mol. The standard InChI is InChI=1S/3C16H35N.H3O3PS/c3*1-2-3-4-5-6-7-8-9-10-11-12-13-14-15-16-17;1-4(2,3)5/h3*2-17H2,1H3;(H3,1,2,3,5). The molecule has 0 radical (unpaired) electrons. The lowest BCUT2D eigenvalue weighted by Gasteiger charge is -2.02. The molecule has 0 aromatic rings. The smallest absolute Gasteiger partial charge is 0.319 e. The Morgan fingerprint density at radius 2 is 0.339 bits per heavy atom. The fourth-order valence-electron chi connectivity index (χ4n) is 7.02. The van der Waals surface area contributed by atoms with Gasteiger partial charge in [0.2, 0.25) is 0 Å². The van der Waals surface area contributed by atoms with Gasteiger partial charge in [-0.25, -0.2) is 0 Å². The number of rotatable bonds is 42. The molecule has 0 saturated heterocycles. The number of hydrogen-bond acceptors (Lipinski definition) is 4. The molecule has 9 N–H and O–H groups in total. The van der Waals surface area contributed by atoms with Crippen LogP contribution in [0, 0.1) is 0 Å². The highest BCUT2D eigenvalue weighted by molar-refractivity contribution is 8.06. The Bertz CT molecular complexity index is 550. The van der Waals surface area contributed by atoms with E-state index in [4.69, 9.17) is 31.9 Å². The van der Waals surface area contributed by atoms with Gasteiger partial charge in [0.15, 0.2) is 0 Å². The summed E-state index contributed by atoms with van der Waals surface area (Å²) in [5.41, 5.74) is 16.4. The Labute approximate surface area is 359 Å². The molecule has 0 spiro atoms. The van der Waals surface area contributed by atoms with Crippen molar-refractivity contribution in [1.29, 1.82) is 0 Å². The number of unbranched alkanes of at least 4 members (excludes halogenated alkanes) is 39. The molecule has 0 heterocycles. The second kappa shape index (κ2) is 62.1. The van der Waals surface area contributed by atoms with Crippen LogP contribution in [-0.2, 0) is 11.8 Å². The minimum absolute atomic E-state index is 0.873. The quantitative estimate of drug-likeness (QED) is 0.0266. The first-order chi connectivity index (χ1) is 27.2. The van der Waals surface area contributed by atoms with E-state index in [1.807, 2.05) is 0 Å². The van der Waals surface area contributed by atoms with Crippen molar-refractivity contribution in [2.75, 3.05) is 19.6 Å². The van der Waals surface area contributed by atoms with E-state index in [1.165, 1.54) is 270 Å². The molecule has 0 aromatic carbocycles. The molecule has 0 amide bonds. The van der Waals surface area contributed by atoms with E-state index in [1.54, 1.807) is 0 Å². The van der Waals surface area contributed by atoms with Crippen molar-refractivity contribution >= 4 is 18.5 Å². The molecule has 0 saturated carbocycles. The predicted octanol–water partition coefficient (Wildman–Crippen LogP) is 15.5. The van der Waals surface area contributed by atoms with Crippen LogP contribution in [0.4, 0.5) is 0 Å². The summed E-state index contributed by atoms with van der Waals surface area (Å²) >= 11 is 3.60. The zero-order valence-corrected chi connectivity index (χ0v) is 40.5. The first-order valence-electron chi connectivity index (χ1n) is 25.1. The summed E-state index contributed by atoms with van der Waals surface area (Å²) < 4.78 is 0. The Hall–Kier alpha value is 0.410. The van der Waals surface area contributed by atoms with E-state index >= 15 is 0 Å². The molecule has 0 aliphatic rings. The fourth-order valence-corrected chi connectivity index (χ4v) is 7.02. The van der Waals surface area contributed by atoms with Crippen molar-refractivity contribution in [3.63, 3.8) is 0 Å². The van der Waals surface area contributed by atoms with E-state index < -0.39 is 6.72 Å². The third-order valence-corrected chi connectivity index (χ3v) is 10.7. The monoisotopic (exact) mass is 838 g/mol. The highest BCUT2D eigenvalue weighted by Gasteiger charge is 1.96. The summed E-state index contributed by atoms with van der Waals surface area (Å²) in [4.78, 5) is 22.7. The van der Waals surface area contributed by atoms with Crippen LogP contribution in [0.2, 0.25) is 0 Å². The van der Waals surface area contributed by atoms with Gasteiger partial charge >= 0.3 is 6.72 Å². The molecule has 0 fully saturated rings. The van der Waals surface area contributed by atoms with E-state index in [0.717, 1.165) is 19.6 Å². The molecule has 0 aliphatic heterocycles. The van der Waals surface area contributed by atoms with Crippen molar-refractivity contribution in [3.8, 4) is 0 Å². The van der Waals surface area contributed by atoms with Crippen LogP contribution >= 0.6 is 6.72 Å². The highest BCUT2D eigenvalue weighted by Crippen LogP contribution is 2.26. The molecule has 0 unspecified atom stereocenters. The van der Waals surface area contributed by atoms with Gasteiger partial charge in [-0.3, -0.25) is 0 Å². The summed E-state index contributed by atoms with van der Waals surface area (Å²) in [6, 6.07) is 0. The van der Waals surface area contributed by atoms with Crippen molar-refractivity contribution in [1.82, 2.24) is 0 Å². The molecule has 8 heteroatoms. The second-order valence-electron chi connectivity index (χ2n) is 16.7. The van der Waals surface area contributed by atoms with E-state index in [0.29, 0.717) is 0 Å². The summed E-state index contributed by atoms with van der Waals surface area (Å²) in [6.07, 6.45) is 59.6. The van der Waals surface area contributed by atoms with Gasteiger partial charge in [-0.05, 0) is 50.7 Å². The zero-order valence-electron chi connectivity index (χ0n) is 38.7. The fraction of sp³-hybridized carbons (Fsp3) is 1.00. The van der Waals surface area contributed by atoms with Crippen LogP contribution in [0.15, 0.2) is 0 Å². The molecular formula is C48H108N3O3PS. The van der Waals surface area contributed by atoms with Gasteiger partial charge in [-0.1, -0.05) is 271 Å². The summed E-state index contributed by atoms with van der Waals surface area (Å²) in [6.45, 7) is 5.67. The van der Waals surface area contributed by atoms with Crippen LogP contribution in [0.1, 0.15) is 290 Å². The van der Waals surface area contributed by atoms with Gasteiger partial charge in [0, 0.05) is 0 Å². The van der Waals surface area contributed by atoms with Crippen LogP contribution in [0.25, 0.3) is 0 Å². The van der Waals surface area contributed by atoms with Crippen molar-refractivity contribution in [3.05, 3.63) is 0 Å². The zero-order chi connectivity index (χ0) is 42.3. The molecule has 0 bridgehead atoms. The summed E-state index contributed by atoms with van der Waals surface area (Å²) in [7, 11) is 0. The van der Waals surface area contributed by atoms with Crippen LogP contribution in [-0.4, -0.2) is 34.3 Å². The number of nitrogens with two attached hydrogens (primary N) is 3. The van der Waals surface area contributed by atoms with Gasteiger partial charge in [-0.2, -0.15) is 0 Å². The van der Waals surface area contributed by atoms with Gasteiger partial charge in [0.25, 0.3) is 0 Å².